The van der Waals surface area contributed by atoms with Crippen molar-refractivity contribution < 1.29 is 0 Å². The second-order valence-corrected chi connectivity index (χ2v) is 3.75. The van der Waals surface area contributed by atoms with Crippen LogP contribution in [0.2, 0.25) is 0 Å². The van der Waals surface area contributed by atoms with E-state index in [0.29, 0.717) is 11.8 Å². The van der Waals surface area contributed by atoms with Crippen LogP contribution in [0.4, 0.5) is 0 Å². The first-order valence-corrected chi connectivity index (χ1v) is 5.02. The Morgan fingerprint density at radius 2 is 1.92 bits per heavy atom. The maximum atomic E-state index is 3.73. The Bertz CT molecular complexity index is 196. The van der Waals surface area contributed by atoms with Gasteiger partial charge in [-0.05, 0) is 32.1 Å². The SMILES string of the molecule is C=CC/C(C)=C/C(C)C(C)/C=C/C. The van der Waals surface area contributed by atoms with Gasteiger partial charge in [0.1, 0.15) is 0 Å². The van der Waals surface area contributed by atoms with Gasteiger partial charge < -0.3 is 0 Å². The van der Waals surface area contributed by atoms with Gasteiger partial charge in [-0.1, -0.05) is 43.7 Å². The molecule has 0 nitrogen and oxygen atoms in total. The van der Waals surface area contributed by atoms with Crippen LogP contribution < -0.4 is 0 Å². The zero-order chi connectivity index (χ0) is 10.3. The highest BCUT2D eigenvalue weighted by Crippen LogP contribution is 2.16. The molecule has 74 valence electrons. The van der Waals surface area contributed by atoms with Crippen LogP contribution in [0, 0.1) is 11.8 Å². The zero-order valence-corrected chi connectivity index (χ0v) is 9.38. The summed E-state index contributed by atoms with van der Waals surface area (Å²) in [5, 5.41) is 0. The largest absolute Gasteiger partial charge is 0.103 e. The van der Waals surface area contributed by atoms with Gasteiger partial charge in [0, 0.05) is 0 Å². The smallest absolute Gasteiger partial charge is 0.0144 e. The van der Waals surface area contributed by atoms with Crippen molar-refractivity contribution in [3.63, 3.8) is 0 Å². The molecule has 0 aromatic carbocycles. The average molecular weight is 178 g/mol. The molecule has 0 aromatic rings. The molecule has 0 radical (unpaired) electrons. The lowest BCUT2D eigenvalue weighted by molar-refractivity contribution is 0.554. The molecule has 0 aliphatic carbocycles. The number of hydrogen-bond acceptors (Lipinski definition) is 0. The van der Waals surface area contributed by atoms with Crippen molar-refractivity contribution in [1.29, 1.82) is 0 Å². The van der Waals surface area contributed by atoms with Gasteiger partial charge in [0.15, 0.2) is 0 Å². The Morgan fingerprint density at radius 3 is 2.38 bits per heavy atom. The molecule has 0 bridgehead atoms. The van der Waals surface area contributed by atoms with Gasteiger partial charge in [-0.25, -0.2) is 0 Å². The normalized spacial score (nSPS) is 17.4. The third kappa shape index (κ3) is 5.46. The van der Waals surface area contributed by atoms with E-state index in [4.69, 9.17) is 0 Å². The molecule has 0 saturated heterocycles. The number of allylic oxidation sites excluding steroid dienone is 5. The van der Waals surface area contributed by atoms with Crippen molar-refractivity contribution in [1.82, 2.24) is 0 Å². The van der Waals surface area contributed by atoms with Gasteiger partial charge in [-0.3, -0.25) is 0 Å². The first-order chi connectivity index (χ1) is 6.11. The van der Waals surface area contributed by atoms with Crippen LogP contribution in [0.15, 0.2) is 36.5 Å². The summed E-state index contributed by atoms with van der Waals surface area (Å²) in [5.74, 6) is 1.25. The minimum atomic E-state index is 0.621. The lowest BCUT2D eigenvalue weighted by Gasteiger charge is -2.13. The van der Waals surface area contributed by atoms with E-state index < -0.39 is 0 Å². The van der Waals surface area contributed by atoms with E-state index in [1.54, 1.807) is 0 Å². The van der Waals surface area contributed by atoms with Gasteiger partial charge in [-0.15, -0.1) is 6.58 Å². The molecule has 0 saturated carbocycles. The Balaban J connectivity index is 4.17. The van der Waals surface area contributed by atoms with E-state index in [1.807, 2.05) is 6.08 Å². The van der Waals surface area contributed by atoms with E-state index in [-0.39, 0.29) is 0 Å². The Kier molecular flexibility index (Phi) is 6.30. The highest BCUT2D eigenvalue weighted by Gasteiger charge is 2.05. The topological polar surface area (TPSA) is 0 Å². The summed E-state index contributed by atoms with van der Waals surface area (Å²) in [6.07, 6.45) is 9.68. The summed E-state index contributed by atoms with van der Waals surface area (Å²) >= 11 is 0. The highest BCUT2D eigenvalue weighted by atomic mass is 14.1. The Labute approximate surface area is 83.0 Å². The predicted octanol–water partition coefficient (Wildman–Crippen LogP) is 4.36. The van der Waals surface area contributed by atoms with E-state index in [9.17, 15) is 0 Å². The molecule has 0 amide bonds. The molecule has 2 unspecified atom stereocenters. The Morgan fingerprint density at radius 1 is 1.31 bits per heavy atom. The second-order valence-electron chi connectivity index (χ2n) is 3.75. The molecule has 13 heavy (non-hydrogen) atoms. The van der Waals surface area contributed by atoms with Gasteiger partial charge >= 0.3 is 0 Å². The Hall–Kier alpha value is -0.780. The fourth-order valence-corrected chi connectivity index (χ4v) is 1.38. The van der Waals surface area contributed by atoms with Crippen LogP contribution in [-0.2, 0) is 0 Å². The van der Waals surface area contributed by atoms with Crippen LogP contribution in [-0.4, -0.2) is 0 Å². The fourth-order valence-electron chi connectivity index (χ4n) is 1.38. The second kappa shape index (κ2) is 6.71. The maximum absolute atomic E-state index is 3.73. The number of rotatable bonds is 5. The van der Waals surface area contributed by atoms with E-state index in [2.05, 4.69) is 52.5 Å². The van der Waals surface area contributed by atoms with Crippen molar-refractivity contribution in [3.05, 3.63) is 36.5 Å². The molecule has 0 N–H and O–H groups in total. The molecular formula is C13H22. The van der Waals surface area contributed by atoms with Crippen LogP contribution in [0.1, 0.15) is 34.1 Å². The number of hydrogen-bond donors (Lipinski definition) is 0. The first-order valence-electron chi connectivity index (χ1n) is 5.02. The van der Waals surface area contributed by atoms with E-state index >= 15 is 0 Å². The minimum Gasteiger partial charge on any atom is -0.103 e. The van der Waals surface area contributed by atoms with Crippen molar-refractivity contribution in [2.75, 3.05) is 0 Å². The van der Waals surface area contributed by atoms with Gasteiger partial charge in [0.05, 0.1) is 0 Å². The quantitative estimate of drug-likeness (QED) is 0.549. The summed E-state index contributed by atoms with van der Waals surface area (Å²) in [7, 11) is 0. The van der Waals surface area contributed by atoms with Gasteiger partial charge in [0.25, 0.3) is 0 Å². The van der Waals surface area contributed by atoms with Gasteiger partial charge in [0.2, 0.25) is 0 Å². The summed E-state index contributed by atoms with van der Waals surface area (Å²) in [6.45, 7) is 12.5. The van der Waals surface area contributed by atoms with Gasteiger partial charge in [-0.2, -0.15) is 0 Å². The minimum absolute atomic E-state index is 0.621. The summed E-state index contributed by atoms with van der Waals surface area (Å²) in [6, 6.07) is 0. The molecule has 0 aromatic heterocycles. The third-order valence-corrected chi connectivity index (χ3v) is 2.34. The lowest BCUT2D eigenvalue weighted by atomic mass is 9.93. The molecular weight excluding hydrogens is 156 g/mol. The summed E-state index contributed by atoms with van der Waals surface area (Å²) < 4.78 is 0. The van der Waals surface area contributed by atoms with Crippen LogP contribution in [0.25, 0.3) is 0 Å². The van der Waals surface area contributed by atoms with Crippen molar-refractivity contribution in [2.24, 2.45) is 11.8 Å². The zero-order valence-electron chi connectivity index (χ0n) is 9.38. The van der Waals surface area contributed by atoms with Crippen LogP contribution >= 0.6 is 0 Å². The molecule has 0 aliphatic heterocycles. The first kappa shape index (κ1) is 12.2. The van der Waals surface area contributed by atoms with Crippen molar-refractivity contribution >= 4 is 0 Å². The summed E-state index contributed by atoms with van der Waals surface area (Å²) in [5.41, 5.74) is 1.42. The monoisotopic (exact) mass is 178 g/mol. The van der Waals surface area contributed by atoms with Crippen molar-refractivity contribution in [3.8, 4) is 0 Å². The lowest BCUT2D eigenvalue weighted by Crippen LogP contribution is -2.02. The average Bonchev–Trinajstić information content (AvgIpc) is 2.05. The molecule has 0 rings (SSSR count). The third-order valence-electron chi connectivity index (χ3n) is 2.34. The van der Waals surface area contributed by atoms with E-state index in [0.717, 1.165) is 6.42 Å². The maximum Gasteiger partial charge on any atom is -0.0144 e. The molecule has 0 aliphatic rings. The van der Waals surface area contributed by atoms with Crippen LogP contribution in [0.5, 0.6) is 0 Å². The molecule has 0 spiro atoms. The summed E-state index contributed by atoms with van der Waals surface area (Å²) in [4.78, 5) is 0. The highest BCUT2D eigenvalue weighted by molar-refractivity contribution is 5.06. The molecule has 0 heteroatoms. The van der Waals surface area contributed by atoms with Crippen LogP contribution in [0.3, 0.4) is 0 Å². The molecule has 0 heterocycles. The fraction of sp³-hybridized carbons (Fsp3) is 0.538. The predicted molar refractivity (Wildman–Crippen MR) is 61.7 cm³/mol. The molecule has 0 fully saturated rings. The standard InChI is InChI=1S/C13H22/c1-6-8-11(3)10-13(5)12(4)9-7-2/h6-7,9-10,12-13H,1,8H2,2-5H3/b9-7+,11-10+. The van der Waals surface area contributed by atoms with E-state index in [1.165, 1.54) is 5.57 Å². The molecule has 2 atom stereocenters. The van der Waals surface area contributed by atoms with Crippen molar-refractivity contribution in [2.45, 2.75) is 34.1 Å².